The van der Waals surface area contributed by atoms with Gasteiger partial charge in [0.15, 0.2) is 0 Å². The van der Waals surface area contributed by atoms with Crippen molar-refractivity contribution in [3.63, 3.8) is 0 Å². The number of aryl methyl sites for hydroxylation is 1. The first kappa shape index (κ1) is 14.2. The Kier molecular flexibility index (Phi) is 4.02. The van der Waals surface area contributed by atoms with Gasteiger partial charge >= 0.3 is 0 Å². The molecule has 21 heavy (non-hydrogen) atoms. The lowest BCUT2D eigenvalue weighted by Gasteiger charge is -2.28. The van der Waals surface area contributed by atoms with Crippen LogP contribution in [0.25, 0.3) is 0 Å². The molecule has 1 N–H and O–H groups in total. The Balaban J connectivity index is 1.90. The minimum Gasteiger partial charge on any atom is -0.497 e. The number of nitrogens with one attached hydrogen (secondary N) is 1. The molecule has 2 aromatic rings. The van der Waals surface area contributed by atoms with Gasteiger partial charge in [0.2, 0.25) is 0 Å². The Morgan fingerprint density at radius 2 is 2.10 bits per heavy atom. The summed E-state index contributed by atoms with van der Waals surface area (Å²) in [6.45, 7) is 0. The van der Waals surface area contributed by atoms with Crippen molar-refractivity contribution in [2.75, 3.05) is 12.4 Å². The summed E-state index contributed by atoms with van der Waals surface area (Å²) in [5.74, 6) is 0.531. The zero-order chi connectivity index (χ0) is 14.8. The van der Waals surface area contributed by atoms with Gasteiger partial charge in [-0.25, -0.2) is 4.39 Å². The van der Waals surface area contributed by atoms with Crippen LogP contribution in [0.1, 0.15) is 30.0 Å². The lowest BCUT2D eigenvalue weighted by Crippen LogP contribution is -2.17. The fourth-order valence-corrected chi connectivity index (χ4v) is 3.07. The number of hydrogen-bond donors (Lipinski definition) is 1. The maximum Gasteiger partial charge on any atom is 0.124 e. The van der Waals surface area contributed by atoms with Crippen molar-refractivity contribution in [3.05, 3.63) is 58.4 Å². The first-order valence-corrected chi connectivity index (χ1v) is 7.43. The third-order valence-corrected chi connectivity index (χ3v) is 4.24. The smallest absolute Gasteiger partial charge is 0.124 e. The highest BCUT2D eigenvalue weighted by Crippen LogP contribution is 2.36. The molecule has 0 aliphatic heterocycles. The van der Waals surface area contributed by atoms with Crippen LogP contribution in [0.2, 0.25) is 5.02 Å². The van der Waals surface area contributed by atoms with E-state index < -0.39 is 0 Å². The van der Waals surface area contributed by atoms with Crippen molar-refractivity contribution in [2.45, 2.75) is 25.3 Å². The molecule has 0 amide bonds. The van der Waals surface area contributed by atoms with E-state index in [1.54, 1.807) is 13.2 Å². The lowest BCUT2D eigenvalue weighted by atomic mass is 9.87. The monoisotopic (exact) mass is 305 g/mol. The summed E-state index contributed by atoms with van der Waals surface area (Å²) in [6.07, 6.45) is 3.22. The average Bonchev–Trinajstić information content (AvgIpc) is 2.50. The van der Waals surface area contributed by atoms with Gasteiger partial charge < -0.3 is 10.1 Å². The van der Waals surface area contributed by atoms with Gasteiger partial charge in [-0.05, 0) is 60.7 Å². The van der Waals surface area contributed by atoms with Crippen LogP contribution < -0.4 is 10.1 Å². The Hall–Kier alpha value is -1.74. The minimum atomic E-state index is -0.323. The molecule has 1 unspecified atom stereocenters. The zero-order valence-electron chi connectivity index (χ0n) is 11.8. The quantitative estimate of drug-likeness (QED) is 0.863. The molecule has 1 aliphatic carbocycles. The van der Waals surface area contributed by atoms with E-state index >= 15 is 0 Å². The number of hydrogen-bond acceptors (Lipinski definition) is 2. The fourth-order valence-electron chi connectivity index (χ4n) is 2.85. The second-order valence-electron chi connectivity index (χ2n) is 5.28. The summed E-state index contributed by atoms with van der Waals surface area (Å²) in [7, 11) is 1.67. The SMILES string of the molecule is COc1ccc2c(c1)C(Nc1ccc(F)cc1Cl)CCC2. The normalized spacial score (nSPS) is 17.2. The van der Waals surface area contributed by atoms with Gasteiger partial charge in [-0.2, -0.15) is 0 Å². The molecule has 2 aromatic carbocycles. The molecule has 0 spiro atoms. The molecular weight excluding hydrogens is 289 g/mol. The van der Waals surface area contributed by atoms with Gasteiger partial charge in [0, 0.05) is 0 Å². The van der Waals surface area contributed by atoms with Crippen LogP contribution in [0.5, 0.6) is 5.75 Å². The summed E-state index contributed by atoms with van der Waals surface area (Å²) in [5.41, 5.74) is 3.33. The van der Waals surface area contributed by atoms with Crippen molar-refractivity contribution in [3.8, 4) is 5.75 Å². The van der Waals surface area contributed by atoms with E-state index in [4.69, 9.17) is 16.3 Å². The zero-order valence-corrected chi connectivity index (χ0v) is 12.6. The van der Waals surface area contributed by atoms with Crippen LogP contribution in [-0.4, -0.2) is 7.11 Å². The van der Waals surface area contributed by atoms with E-state index in [9.17, 15) is 4.39 Å². The molecule has 0 bridgehead atoms. The molecule has 1 aliphatic rings. The highest BCUT2D eigenvalue weighted by Gasteiger charge is 2.21. The lowest BCUT2D eigenvalue weighted by molar-refractivity contribution is 0.413. The van der Waals surface area contributed by atoms with E-state index in [1.807, 2.05) is 6.07 Å². The first-order chi connectivity index (χ1) is 10.2. The average molecular weight is 306 g/mol. The maximum absolute atomic E-state index is 13.1. The molecule has 0 saturated carbocycles. The summed E-state index contributed by atoms with van der Waals surface area (Å²) < 4.78 is 18.4. The molecule has 0 saturated heterocycles. The summed E-state index contributed by atoms with van der Waals surface area (Å²) >= 11 is 6.11. The second-order valence-corrected chi connectivity index (χ2v) is 5.69. The molecule has 4 heteroatoms. The largest absolute Gasteiger partial charge is 0.497 e. The van der Waals surface area contributed by atoms with Crippen molar-refractivity contribution >= 4 is 17.3 Å². The second kappa shape index (κ2) is 5.94. The number of halogens is 2. The van der Waals surface area contributed by atoms with Gasteiger partial charge in [0.25, 0.3) is 0 Å². The molecule has 2 nitrogen and oxygen atoms in total. The third-order valence-electron chi connectivity index (χ3n) is 3.93. The predicted molar refractivity (Wildman–Crippen MR) is 83.7 cm³/mol. The Labute approximate surface area is 128 Å². The highest BCUT2D eigenvalue weighted by molar-refractivity contribution is 6.33. The minimum absolute atomic E-state index is 0.173. The standard InChI is InChI=1S/C17H17ClFNO/c1-21-13-7-5-11-3-2-4-16(14(11)10-13)20-17-8-6-12(19)9-15(17)18/h5-10,16,20H,2-4H2,1H3. The van der Waals surface area contributed by atoms with Crippen molar-refractivity contribution in [1.82, 2.24) is 0 Å². The number of anilines is 1. The topological polar surface area (TPSA) is 21.3 Å². The van der Waals surface area contributed by atoms with E-state index in [0.29, 0.717) is 5.02 Å². The Bertz CT molecular complexity index is 659. The summed E-state index contributed by atoms with van der Waals surface area (Å²) in [5, 5.41) is 3.84. The van der Waals surface area contributed by atoms with Crippen molar-refractivity contribution < 1.29 is 9.13 Å². The van der Waals surface area contributed by atoms with E-state index in [-0.39, 0.29) is 11.9 Å². The third kappa shape index (κ3) is 2.98. The fraction of sp³-hybridized carbons (Fsp3) is 0.294. The molecular formula is C17H17ClFNO. The van der Waals surface area contributed by atoms with Crippen LogP contribution in [0, 0.1) is 5.82 Å². The van der Waals surface area contributed by atoms with Crippen LogP contribution in [0.15, 0.2) is 36.4 Å². The number of methoxy groups -OCH3 is 1. The molecule has 0 aromatic heterocycles. The van der Waals surface area contributed by atoms with E-state index in [1.165, 1.54) is 23.3 Å². The molecule has 0 heterocycles. The van der Waals surface area contributed by atoms with E-state index in [2.05, 4.69) is 17.4 Å². The van der Waals surface area contributed by atoms with Crippen LogP contribution in [0.3, 0.4) is 0 Å². The van der Waals surface area contributed by atoms with Gasteiger partial charge in [0.1, 0.15) is 11.6 Å². The molecule has 110 valence electrons. The van der Waals surface area contributed by atoms with E-state index in [0.717, 1.165) is 30.7 Å². The summed E-state index contributed by atoms with van der Waals surface area (Å²) in [6, 6.07) is 10.8. The predicted octanol–water partition coefficient (Wildman–Crippen LogP) is 4.98. The Morgan fingerprint density at radius 3 is 2.86 bits per heavy atom. The molecule has 0 fully saturated rings. The maximum atomic E-state index is 13.1. The van der Waals surface area contributed by atoms with Gasteiger partial charge in [-0.3, -0.25) is 0 Å². The molecule has 3 rings (SSSR count). The first-order valence-electron chi connectivity index (χ1n) is 7.06. The molecule has 1 atom stereocenters. The van der Waals surface area contributed by atoms with Gasteiger partial charge in [-0.1, -0.05) is 17.7 Å². The number of fused-ring (bicyclic) bond motifs is 1. The number of ether oxygens (including phenoxy) is 1. The van der Waals surface area contributed by atoms with Crippen LogP contribution >= 0.6 is 11.6 Å². The number of rotatable bonds is 3. The summed E-state index contributed by atoms with van der Waals surface area (Å²) in [4.78, 5) is 0. The van der Waals surface area contributed by atoms with Crippen molar-refractivity contribution in [2.24, 2.45) is 0 Å². The Morgan fingerprint density at radius 1 is 1.24 bits per heavy atom. The van der Waals surface area contributed by atoms with Gasteiger partial charge in [-0.15, -0.1) is 0 Å². The highest BCUT2D eigenvalue weighted by atomic mass is 35.5. The molecule has 0 radical (unpaired) electrons. The van der Waals surface area contributed by atoms with Crippen LogP contribution in [0.4, 0.5) is 10.1 Å². The van der Waals surface area contributed by atoms with Crippen molar-refractivity contribution in [1.29, 1.82) is 0 Å². The van der Waals surface area contributed by atoms with Crippen LogP contribution in [-0.2, 0) is 6.42 Å². The van der Waals surface area contributed by atoms with Gasteiger partial charge in [0.05, 0.1) is 23.9 Å². The number of benzene rings is 2.